The van der Waals surface area contributed by atoms with E-state index in [1.165, 1.54) is 0 Å². The second-order valence-corrected chi connectivity index (χ2v) is 6.14. The van der Waals surface area contributed by atoms with Crippen molar-refractivity contribution in [3.05, 3.63) is 29.8 Å². The van der Waals surface area contributed by atoms with Crippen LogP contribution in [0.15, 0.2) is 24.3 Å². The van der Waals surface area contributed by atoms with E-state index in [2.05, 4.69) is 29.2 Å². The molecule has 0 radical (unpaired) electrons. The fourth-order valence-electron chi connectivity index (χ4n) is 2.55. The Balaban J connectivity index is 1.70. The topological polar surface area (TPSA) is 48.1 Å². The number of rotatable bonds is 6. The molecule has 1 heterocycles. The van der Waals surface area contributed by atoms with Gasteiger partial charge in [0.05, 0.1) is 7.11 Å². The molecule has 1 N–H and O–H groups in total. The lowest BCUT2D eigenvalue weighted by Crippen LogP contribution is -2.52. The molecule has 2 amide bonds. The van der Waals surface area contributed by atoms with Gasteiger partial charge in [-0.1, -0.05) is 12.1 Å². The third kappa shape index (κ3) is 5.73. The van der Waals surface area contributed by atoms with Gasteiger partial charge in [0.1, 0.15) is 5.75 Å². The zero-order valence-electron chi connectivity index (χ0n) is 14.4. The minimum atomic E-state index is 0.0214. The predicted molar refractivity (Wildman–Crippen MR) is 91.8 cm³/mol. The van der Waals surface area contributed by atoms with Crippen LogP contribution in [0, 0.1) is 0 Å². The first kappa shape index (κ1) is 17.6. The molecule has 128 valence electrons. The highest BCUT2D eigenvalue weighted by Crippen LogP contribution is 2.11. The molecule has 0 aliphatic carbocycles. The van der Waals surface area contributed by atoms with E-state index in [9.17, 15) is 4.79 Å². The summed E-state index contributed by atoms with van der Waals surface area (Å²) in [5.41, 5.74) is 1.07. The van der Waals surface area contributed by atoms with Crippen molar-refractivity contribution in [2.45, 2.75) is 6.54 Å². The monoisotopic (exact) mass is 320 g/mol. The minimum Gasteiger partial charge on any atom is -0.497 e. The van der Waals surface area contributed by atoms with Crippen LogP contribution >= 0.6 is 0 Å². The number of hydrogen-bond donors (Lipinski definition) is 1. The normalized spacial score (nSPS) is 15.7. The Hall–Kier alpha value is -1.79. The lowest BCUT2D eigenvalue weighted by Gasteiger charge is -2.35. The van der Waals surface area contributed by atoms with E-state index in [-0.39, 0.29) is 6.03 Å². The van der Waals surface area contributed by atoms with Crippen LogP contribution in [0.4, 0.5) is 4.79 Å². The molecule has 2 rings (SSSR count). The van der Waals surface area contributed by atoms with Gasteiger partial charge in [-0.05, 0) is 31.8 Å². The van der Waals surface area contributed by atoms with Crippen LogP contribution in [0.2, 0.25) is 0 Å². The molecule has 0 atom stereocenters. The van der Waals surface area contributed by atoms with Crippen LogP contribution in [0.5, 0.6) is 5.75 Å². The Morgan fingerprint density at radius 3 is 2.39 bits per heavy atom. The number of carbonyl (C=O) groups is 1. The molecule has 0 bridgehead atoms. The van der Waals surface area contributed by atoms with E-state index >= 15 is 0 Å². The Labute approximate surface area is 139 Å². The van der Waals surface area contributed by atoms with Gasteiger partial charge < -0.3 is 19.9 Å². The Bertz CT molecular complexity index is 482. The Kier molecular flexibility index (Phi) is 6.67. The SMILES string of the molecule is COc1ccc(CNC(=O)N2CCN(CCN(C)C)CC2)cc1. The maximum absolute atomic E-state index is 12.2. The van der Waals surface area contributed by atoms with Crippen LogP contribution in [0.25, 0.3) is 0 Å². The maximum Gasteiger partial charge on any atom is 0.317 e. The number of piperazine rings is 1. The van der Waals surface area contributed by atoms with Gasteiger partial charge in [0.2, 0.25) is 0 Å². The molecule has 1 aromatic carbocycles. The summed E-state index contributed by atoms with van der Waals surface area (Å²) in [6, 6.07) is 7.78. The van der Waals surface area contributed by atoms with Crippen LogP contribution in [0.3, 0.4) is 0 Å². The molecule has 23 heavy (non-hydrogen) atoms. The second kappa shape index (κ2) is 8.74. The number of carbonyl (C=O) groups excluding carboxylic acids is 1. The summed E-state index contributed by atoms with van der Waals surface area (Å²) in [4.78, 5) is 18.7. The summed E-state index contributed by atoms with van der Waals surface area (Å²) < 4.78 is 5.13. The lowest BCUT2D eigenvalue weighted by atomic mass is 10.2. The number of nitrogens with zero attached hydrogens (tertiary/aromatic N) is 3. The average Bonchev–Trinajstić information content (AvgIpc) is 2.58. The summed E-state index contributed by atoms with van der Waals surface area (Å²) >= 11 is 0. The molecule has 1 fully saturated rings. The molecule has 6 heteroatoms. The highest BCUT2D eigenvalue weighted by molar-refractivity contribution is 5.74. The van der Waals surface area contributed by atoms with E-state index in [0.29, 0.717) is 6.54 Å². The first-order valence-electron chi connectivity index (χ1n) is 8.11. The largest absolute Gasteiger partial charge is 0.497 e. The zero-order chi connectivity index (χ0) is 16.7. The number of urea groups is 1. The quantitative estimate of drug-likeness (QED) is 0.852. The van der Waals surface area contributed by atoms with Crippen LogP contribution in [-0.2, 0) is 6.54 Å². The van der Waals surface area contributed by atoms with Gasteiger partial charge in [-0.25, -0.2) is 4.79 Å². The van der Waals surface area contributed by atoms with Crippen molar-refractivity contribution in [1.29, 1.82) is 0 Å². The van der Waals surface area contributed by atoms with Crippen molar-refractivity contribution in [1.82, 2.24) is 20.0 Å². The van der Waals surface area contributed by atoms with E-state index in [1.807, 2.05) is 29.2 Å². The molecule has 0 saturated carbocycles. The molecular formula is C17H28N4O2. The Morgan fingerprint density at radius 2 is 1.83 bits per heavy atom. The average molecular weight is 320 g/mol. The second-order valence-electron chi connectivity index (χ2n) is 6.14. The Morgan fingerprint density at radius 1 is 1.17 bits per heavy atom. The summed E-state index contributed by atoms with van der Waals surface area (Å²) in [5, 5.41) is 2.99. The third-order valence-corrected chi connectivity index (χ3v) is 4.13. The fraction of sp³-hybridized carbons (Fsp3) is 0.588. The number of nitrogens with one attached hydrogen (secondary N) is 1. The fourth-order valence-corrected chi connectivity index (χ4v) is 2.55. The van der Waals surface area contributed by atoms with E-state index < -0.39 is 0 Å². The van der Waals surface area contributed by atoms with Gasteiger partial charge in [0, 0.05) is 45.8 Å². The molecule has 1 aliphatic heterocycles. The van der Waals surface area contributed by atoms with Crippen LogP contribution in [0.1, 0.15) is 5.56 Å². The molecule has 0 unspecified atom stereocenters. The van der Waals surface area contributed by atoms with Gasteiger partial charge in [-0.2, -0.15) is 0 Å². The highest BCUT2D eigenvalue weighted by atomic mass is 16.5. The van der Waals surface area contributed by atoms with Crippen molar-refractivity contribution in [2.75, 3.05) is 60.5 Å². The van der Waals surface area contributed by atoms with Crippen molar-refractivity contribution in [3.63, 3.8) is 0 Å². The van der Waals surface area contributed by atoms with Crippen molar-refractivity contribution >= 4 is 6.03 Å². The van der Waals surface area contributed by atoms with Crippen molar-refractivity contribution < 1.29 is 9.53 Å². The molecule has 1 aliphatic rings. The third-order valence-electron chi connectivity index (χ3n) is 4.13. The smallest absolute Gasteiger partial charge is 0.317 e. The van der Waals surface area contributed by atoms with E-state index in [4.69, 9.17) is 4.74 Å². The van der Waals surface area contributed by atoms with Crippen molar-refractivity contribution in [3.8, 4) is 5.75 Å². The summed E-state index contributed by atoms with van der Waals surface area (Å²) in [7, 11) is 5.82. The lowest BCUT2D eigenvalue weighted by molar-refractivity contribution is 0.133. The van der Waals surface area contributed by atoms with E-state index in [0.717, 1.165) is 50.6 Å². The molecule has 0 aromatic heterocycles. The predicted octanol–water partition coefficient (Wildman–Crippen LogP) is 1.08. The summed E-state index contributed by atoms with van der Waals surface area (Å²) in [6.45, 7) is 6.15. The molecule has 1 aromatic rings. The number of ether oxygens (including phenoxy) is 1. The first-order chi connectivity index (χ1) is 11.1. The maximum atomic E-state index is 12.2. The van der Waals surface area contributed by atoms with Gasteiger partial charge >= 0.3 is 6.03 Å². The number of amides is 2. The van der Waals surface area contributed by atoms with Crippen molar-refractivity contribution in [2.24, 2.45) is 0 Å². The van der Waals surface area contributed by atoms with Crippen LogP contribution in [-0.4, -0.2) is 81.2 Å². The summed E-state index contributed by atoms with van der Waals surface area (Å²) in [6.07, 6.45) is 0. The summed E-state index contributed by atoms with van der Waals surface area (Å²) in [5.74, 6) is 0.828. The van der Waals surface area contributed by atoms with Gasteiger partial charge in [-0.15, -0.1) is 0 Å². The first-order valence-corrected chi connectivity index (χ1v) is 8.11. The molecule has 6 nitrogen and oxygen atoms in total. The number of methoxy groups -OCH3 is 1. The highest BCUT2D eigenvalue weighted by Gasteiger charge is 2.20. The van der Waals surface area contributed by atoms with Gasteiger partial charge in [-0.3, -0.25) is 4.90 Å². The standard InChI is InChI=1S/C17H28N4O2/c1-19(2)8-9-20-10-12-21(13-11-20)17(22)18-14-15-4-6-16(23-3)7-5-15/h4-7H,8-14H2,1-3H3,(H,18,22). The zero-order valence-corrected chi connectivity index (χ0v) is 14.4. The minimum absolute atomic E-state index is 0.0214. The molecule has 0 spiro atoms. The van der Waals surface area contributed by atoms with Crippen LogP contribution < -0.4 is 10.1 Å². The number of likely N-dealkylation sites (N-methyl/N-ethyl adjacent to an activating group) is 1. The number of benzene rings is 1. The molecule has 1 saturated heterocycles. The van der Waals surface area contributed by atoms with E-state index in [1.54, 1.807) is 7.11 Å². The van der Waals surface area contributed by atoms with Gasteiger partial charge in [0.25, 0.3) is 0 Å². The molecular weight excluding hydrogens is 292 g/mol. The number of hydrogen-bond acceptors (Lipinski definition) is 4. The van der Waals surface area contributed by atoms with Gasteiger partial charge in [0.15, 0.2) is 0 Å².